The third kappa shape index (κ3) is 2.13. The van der Waals surface area contributed by atoms with E-state index in [2.05, 4.69) is 13.8 Å². The van der Waals surface area contributed by atoms with E-state index in [4.69, 9.17) is 0 Å². The molecule has 0 aromatic heterocycles. The summed E-state index contributed by atoms with van der Waals surface area (Å²) in [5, 5.41) is 28.8. The third-order valence-corrected chi connectivity index (χ3v) is 5.53. The molecule has 5 unspecified atom stereocenters. The minimum absolute atomic E-state index is 0.0359. The Morgan fingerprint density at radius 1 is 1.39 bits per heavy atom. The fourth-order valence-electron chi connectivity index (χ4n) is 4.25. The van der Waals surface area contributed by atoms with Crippen molar-refractivity contribution in [3.63, 3.8) is 0 Å². The fourth-order valence-corrected chi connectivity index (χ4v) is 4.25. The van der Waals surface area contributed by atoms with E-state index in [0.717, 1.165) is 24.8 Å². The Labute approximate surface area is 110 Å². The first kappa shape index (κ1) is 14.0. The van der Waals surface area contributed by atoms with E-state index in [1.54, 1.807) is 0 Å². The quantitative estimate of drug-likeness (QED) is 0.672. The van der Waals surface area contributed by atoms with Gasteiger partial charge >= 0.3 is 0 Å². The number of rotatable bonds is 3. The summed E-state index contributed by atoms with van der Waals surface area (Å²) in [6.07, 6.45) is 5.55. The SMILES string of the molecule is CC(CO)C1CCC(C)C12CC=C(CO)C(O)C2. The van der Waals surface area contributed by atoms with Crippen LogP contribution in [0.15, 0.2) is 11.6 Å². The molecule has 1 fully saturated rings. The molecule has 0 aromatic rings. The molecule has 3 N–H and O–H groups in total. The van der Waals surface area contributed by atoms with Gasteiger partial charge in [-0.15, -0.1) is 0 Å². The van der Waals surface area contributed by atoms with Crippen molar-refractivity contribution in [2.24, 2.45) is 23.2 Å². The number of allylic oxidation sites excluding steroid dienone is 1. The summed E-state index contributed by atoms with van der Waals surface area (Å²) in [5.74, 6) is 1.37. The lowest BCUT2D eigenvalue weighted by Gasteiger charge is -2.45. The lowest BCUT2D eigenvalue weighted by molar-refractivity contribution is 0.0131. The van der Waals surface area contributed by atoms with Gasteiger partial charge in [0.15, 0.2) is 0 Å². The maximum atomic E-state index is 10.2. The van der Waals surface area contributed by atoms with E-state index in [1.165, 1.54) is 6.42 Å². The Morgan fingerprint density at radius 3 is 2.67 bits per heavy atom. The smallest absolute Gasteiger partial charge is 0.0777 e. The molecule has 1 spiro atoms. The first-order chi connectivity index (χ1) is 8.55. The highest BCUT2D eigenvalue weighted by atomic mass is 16.3. The van der Waals surface area contributed by atoms with Crippen molar-refractivity contribution in [1.82, 2.24) is 0 Å². The van der Waals surface area contributed by atoms with Crippen LogP contribution in [0.25, 0.3) is 0 Å². The van der Waals surface area contributed by atoms with Crippen LogP contribution in [-0.2, 0) is 0 Å². The minimum atomic E-state index is -0.502. The second kappa shape index (κ2) is 5.32. The van der Waals surface area contributed by atoms with Gasteiger partial charge in [-0.05, 0) is 54.4 Å². The maximum absolute atomic E-state index is 10.2. The monoisotopic (exact) mass is 254 g/mol. The van der Waals surface area contributed by atoms with Crippen LogP contribution in [-0.4, -0.2) is 34.6 Å². The Kier molecular flexibility index (Phi) is 4.15. The molecule has 0 radical (unpaired) electrons. The van der Waals surface area contributed by atoms with Crippen LogP contribution in [0.2, 0.25) is 0 Å². The Balaban J connectivity index is 2.25. The predicted octanol–water partition coefficient (Wildman–Crippen LogP) is 1.72. The molecule has 0 aliphatic heterocycles. The van der Waals surface area contributed by atoms with Crippen LogP contribution in [0.5, 0.6) is 0 Å². The lowest BCUT2D eigenvalue weighted by Crippen LogP contribution is -2.41. The van der Waals surface area contributed by atoms with Gasteiger partial charge in [-0.3, -0.25) is 0 Å². The van der Waals surface area contributed by atoms with E-state index in [-0.39, 0.29) is 18.6 Å². The Hall–Kier alpha value is -0.380. The Bertz CT molecular complexity index is 326. The summed E-state index contributed by atoms with van der Waals surface area (Å²) >= 11 is 0. The van der Waals surface area contributed by atoms with Crippen LogP contribution >= 0.6 is 0 Å². The number of hydrogen-bond donors (Lipinski definition) is 3. The minimum Gasteiger partial charge on any atom is -0.396 e. The average molecular weight is 254 g/mol. The standard InChI is InChI=1S/C15H26O3/c1-10(8-16)13-4-3-11(2)15(13)6-5-12(9-17)14(18)7-15/h5,10-11,13-14,16-18H,3-4,6-9H2,1-2H3. The molecule has 18 heavy (non-hydrogen) atoms. The first-order valence-electron chi connectivity index (χ1n) is 7.14. The van der Waals surface area contributed by atoms with Crippen molar-refractivity contribution < 1.29 is 15.3 Å². The number of aliphatic hydroxyl groups excluding tert-OH is 3. The van der Waals surface area contributed by atoms with Gasteiger partial charge in [0.1, 0.15) is 0 Å². The van der Waals surface area contributed by atoms with Gasteiger partial charge in [0.2, 0.25) is 0 Å². The van der Waals surface area contributed by atoms with Crippen LogP contribution in [0.3, 0.4) is 0 Å². The summed E-state index contributed by atoms with van der Waals surface area (Å²) < 4.78 is 0. The lowest BCUT2D eigenvalue weighted by atomic mass is 9.61. The van der Waals surface area contributed by atoms with Gasteiger partial charge in [0, 0.05) is 6.61 Å². The molecule has 0 amide bonds. The molecule has 0 aromatic carbocycles. The number of hydrogen-bond acceptors (Lipinski definition) is 3. The highest BCUT2D eigenvalue weighted by Crippen LogP contribution is 2.57. The molecule has 104 valence electrons. The van der Waals surface area contributed by atoms with Gasteiger partial charge in [-0.2, -0.15) is 0 Å². The molecule has 0 saturated heterocycles. The van der Waals surface area contributed by atoms with E-state index < -0.39 is 6.10 Å². The van der Waals surface area contributed by atoms with E-state index in [0.29, 0.717) is 17.8 Å². The van der Waals surface area contributed by atoms with Crippen molar-refractivity contribution in [2.75, 3.05) is 13.2 Å². The van der Waals surface area contributed by atoms with E-state index in [9.17, 15) is 15.3 Å². The van der Waals surface area contributed by atoms with Crippen LogP contribution in [0, 0.1) is 23.2 Å². The van der Waals surface area contributed by atoms with Crippen molar-refractivity contribution in [3.05, 3.63) is 11.6 Å². The zero-order chi connectivity index (χ0) is 13.3. The van der Waals surface area contributed by atoms with E-state index in [1.807, 2.05) is 6.08 Å². The highest BCUT2D eigenvalue weighted by Gasteiger charge is 2.51. The topological polar surface area (TPSA) is 60.7 Å². The summed E-state index contributed by atoms with van der Waals surface area (Å²) in [4.78, 5) is 0. The largest absolute Gasteiger partial charge is 0.396 e. The molecule has 3 heteroatoms. The van der Waals surface area contributed by atoms with Crippen LogP contribution in [0.1, 0.15) is 39.5 Å². The maximum Gasteiger partial charge on any atom is 0.0777 e. The summed E-state index contributed by atoms with van der Waals surface area (Å²) in [6, 6.07) is 0. The van der Waals surface area contributed by atoms with Crippen LogP contribution in [0.4, 0.5) is 0 Å². The fraction of sp³-hybridized carbons (Fsp3) is 0.867. The molecule has 0 bridgehead atoms. The highest BCUT2D eigenvalue weighted by molar-refractivity contribution is 5.18. The van der Waals surface area contributed by atoms with Crippen molar-refractivity contribution in [1.29, 1.82) is 0 Å². The molecule has 2 aliphatic rings. The normalized spacial score (nSPS) is 42.1. The molecule has 1 saturated carbocycles. The zero-order valence-electron chi connectivity index (χ0n) is 11.5. The molecule has 2 rings (SSSR count). The molecule has 2 aliphatic carbocycles. The molecular weight excluding hydrogens is 228 g/mol. The summed E-state index contributed by atoms with van der Waals surface area (Å²) in [6.45, 7) is 4.58. The molecule has 5 atom stereocenters. The van der Waals surface area contributed by atoms with Gasteiger partial charge in [0.25, 0.3) is 0 Å². The predicted molar refractivity (Wildman–Crippen MR) is 71.0 cm³/mol. The second-order valence-electron chi connectivity index (χ2n) is 6.34. The van der Waals surface area contributed by atoms with Crippen molar-refractivity contribution in [2.45, 2.75) is 45.6 Å². The first-order valence-corrected chi connectivity index (χ1v) is 7.14. The van der Waals surface area contributed by atoms with Crippen molar-refractivity contribution in [3.8, 4) is 0 Å². The van der Waals surface area contributed by atoms with E-state index >= 15 is 0 Å². The Morgan fingerprint density at radius 2 is 2.11 bits per heavy atom. The molecule has 3 nitrogen and oxygen atoms in total. The van der Waals surface area contributed by atoms with Gasteiger partial charge in [0.05, 0.1) is 12.7 Å². The van der Waals surface area contributed by atoms with Crippen LogP contribution < -0.4 is 0 Å². The van der Waals surface area contributed by atoms with Gasteiger partial charge in [-0.25, -0.2) is 0 Å². The van der Waals surface area contributed by atoms with Crippen molar-refractivity contribution >= 4 is 0 Å². The van der Waals surface area contributed by atoms with Gasteiger partial charge < -0.3 is 15.3 Å². The average Bonchev–Trinajstić information content (AvgIpc) is 2.66. The summed E-state index contributed by atoms with van der Waals surface area (Å²) in [5.41, 5.74) is 0.898. The molecular formula is C15H26O3. The molecule has 0 heterocycles. The zero-order valence-corrected chi connectivity index (χ0v) is 11.5. The third-order valence-electron chi connectivity index (χ3n) is 5.53. The summed E-state index contributed by atoms with van der Waals surface area (Å²) in [7, 11) is 0. The number of aliphatic hydroxyl groups is 3. The second-order valence-corrected chi connectivity index (χ2v) is 6.34. The van der Waals surface area contributed by atoms with Gasteiger partial charge in [-0.1, -0.05) is 19.9 Å².